The molecule has 1 aromatic carbocycles. The molecule has 0 aliphatic heterocycles. The van der Waals surface area contributed by atoms with E-state index in [2.05, 4.69) is 15.5 Å². The van der Waals surface area contributed by atoms with E-state index >= 15 is 0 Å². The minimum atomic E-state index is -0.136. The molecule has 0 aliphatic carbocycles. The van der Waals surface area contributed by atoms with Crippen LogP contribution >= 0.6 is 0 Å². The highest BCUT2D eigenvalue weighted by molar-refractivity contribution is 5.91. The first-order valence-corrected chi connectivity index (χ1v) is 6.94. The Balaban J connectivity index is 1.68. The van der Waals surface area contributed by atoms with Gasteiger partial charge in [0, 0.05) is 24.0 Å². The third kappa shape index (κ3) is 3.20. The second-order valence-electron chi connectivity index (χ2n) is 4.97. The normalized spacial score (nSPS) is 10.4. The van der Waals surface area contributed by atoms with Crippen LogP contribution in [0, 0.1) is 6.92 Å². The van der Waals surface area contributed by atoms with Crippen molar-refractivity contribution in [3.63, 3.8) is 0 Å². The van der Waals surface area contributed by atoms with Crippen molar-refractivity contribution in [2.24, 2.45) is 0 Å². The smallest absolute Gasteiger partial charge is 0.231 e. The number of aromatic nitrogens is 2. The van der Waals surface area contributed by atoms with Crippen molar-refractivity contribution >= 4 is 11.8 Å². The Morgan fingerprint density at radius 3 is 2.86 bits per heavy atom. The van der Waals surface area contributed by atoms with E-state index in [0.717, 1.165) is 16.7 Å². The van der Waals surface area contributed by atoms with Crippen LogP contribution in [0.4, 0.5) is 5.88 Å². The average molecular weight is 293 g/mol. The van der Waals surface area contributed by atoms with Crippen LogP contribution < -0.4 is 5.32 Å². The van der Waals surface area contributed by atoms with Crippen molar-refractivity contribution in [2.75, 3.05) is 5.32 Å². The summed E-state index contributed by atoms with van der Waals surface area (Å²) >= 11 is 0. The van der Waals surface area contributed by atoms with Crippen LogP contribution in [0.2, 0.25) is 0 Å². The number of anilines is 1. The number of aryl methyl sites for hydroxylation is 1. The maximum Gasteiger partial charge on any atom is 0.231 e. The molecular formula is C17H15N3O2. The lowest BCUT2D eigenvalue weighted by molar-refractivity contribution is -0.115. The number of rotatable bonds is 4. The Kier molecular flexibility index (Phi) is 3.96. The molecule has 0 radical (unpaired) electrons. The van der Waals surface area contributed by atoms with Gasteiger partial charge >= 0.3 is 0 Å². The van der Waals surface area contributed by atoms with Gasteiger partial charge in [-0.25, -0.2) is 0 Å². The van der Waals surface area contributed by atoms with Crippen molar-refractivity contribution < 1.29 is 9.32 Å². The van der Waals surface area contributed by atoms with E-state index < -0.39 is 0 Å². The van der Waals surface area contributed by atoms with Crippen molar-refractivity contribution in [2.45, 2.75) is 13.3 Å². The zero-order chi connectivity index (χ0) is 15.4. The number of carbonyl (C=O) groups is 1. The zero-order valence-corrected chi connectivity index (χ0v) is 12.1. The molecule has 5 heteroatoms. The number of amides is 1. The van der Waals surface area contributed by atoms with Gasteiger partial charge in [0.1, 0.15) is 5.69 Å². The first kappa shape index (κ1) is 14.0. The molecule has 0 saturated heterocycles. The number of pyridine rings is 1. The molecule has 3 rings (SSSR count). The third-order valence-electron chi connectivity index (χ3n) is 3.34. The molecule has 110 valence electrons. The van der Waals surface area contributed by atoms with E-state index in [1.807, 2.05) is 43.3 Å². The quantitative estimate of drug-likeness (QED) is 0.802. The fourth-order valence-electron chi connectivity index (χ4n) is 2.15. The molecule has 0 fully saturated rings. The summed E-state index contributed by atoms with van der Waals surface area (Å²) in [5, 5.41) is 6.65. The molecule has 2 heterocycles. The summed E-state index contributed by atoms with van der Waals surface area (Å²) in [6.45, 7) is 1.98. The summed E-state index contributed by atoms with van der Waals surface area (Å²) in [5.41, 5.74) is 3.56. The predicted molar refractivity (Wildman–Crippen MR) is 83.2 cm³/mol. The molecule has 0 spiro atoms. The summed E-state index contributed by atoms with van der Waals surface area (Å²) in [7, 11) is 0. The van der Waals surface area contributed by atoms with Gasteiger partial charge in [0.2, 0.25) is 11.8 Å². The molecule has 0 aliphatic rings. The van der Waals surface area contributed by atoms with Crippen molar-refractivity contribution in [3.8, 4) is 11.3 Å². The molecule has 2 aromatic heterocycles. The van der Waals surface area contributed by atoms with E-state index in [-0.39, 0.29) is 5.91 Å². The largest absolute Gasteiger partial charge is 0.338 e. The van der Waals surface area contributed by atoms with Gasteiger partial charge in [-0.1, -0.05) is 29.4 Å². The van der Waals surface area contributed by atoms with Gasteiger partial charge in [0.25, 0.3) is 0 Å². The van der Waals surface area contributed by atoms with Gasteiger partial charge in [0.15, 0.2) is 0 Å². The fraction of sp³-hybridized carbons (Fsp3) is 0.118. The van der Waals surface area contributed by atoms with Crippen LogP contribution in [-0.4, -0.2) is 16.0 Å². The standard InChI is InChI=1S/C17H15N3O2/c1-12-5-2-3-6-13(12)9-16(21)19-17-10-15(20-22-17)14-7-4-8-18-11-14/h2-8,10-11H,9H2,1H3,(H,19,21). The van der Waals surface area contributed by atoms with Crippen LogP contribution in [0.25, 0.3) is 11.3 Å². The lowest BCUT2D eigenvalue weighted by atomic mass is 10.1. The fourth-order valence-corrected chi connectivity index (χ4v) is 2.15. The van der Waals surface area contributed by atoms with Crippen LogP contribution in [-0.2, 0) is 11.2 Å². The zero-order valence-electron chi connectivity index (χ0n) is 12.1. The third-order valence-corrected chi connectivity index (χ3v) is 3.34. The summed E-state index contributed by atoms with van der Waals surface area (Å²) in [5.74, 6) is 0.195. The van der Waals surface area contributed by atoms with Crippen LogP contribution in [0.5, 0.6) is 0 Å². The molecule has 1 amide bonds. The molecule has 22 heavy (non-hydrogen) atoms. The molecule has 0 unspecified atom stereocenters. The van der Waals surface area contributed by atoms with E-state index in [0.29, 0.717) is 18.0 Å². The monoisotopic (exact) mass is 293 g/mol. The summed E-state index contributed by atoms with van der Waals surface area (Å²) in [4.78, 5) is 16.1. The van der Waals surface area contributed by atoms with E-state index in [4.69, 9.17) is 4.52 Å². The summed E-state index contributed by atoms with van der Waals surface area (Å²) in [6, 6.07) is 13.2. The number of hydrogen-bond acceptors (Lipinski definition) is 4. The SMILES string of the molecule is Cc1ccccc1CC(=O)Nc1cc(-c2cccnc2)no1. The Bertz CT molecular complexity index is 781. The lowest BCUT2D eigenvalue weighted by Gasteiger charge is -2.04. The lowest BCUT2D eigenvalue weighted by Crippen LogP contribution is -2.14. The van der Waals surface area contributed by atoms with Gasteiger partial charge < -0.3 is 4.52 Å². The Morgan fingerprint density at radius 1 is 1.23 bits per heavy atom. The highest BCUT2D eigenvalue weighted by Crippen LogP contribution is 2.20. The molecule has 0 atom stereocenters. The predicted octanol–water partition coefficient (Wildman–Crippen LogP) is 3.23. The van der Waals surface area contributed by atoms with Gasteiger partial charge in [-0.05, 0) is 30.2 Å². The molecule has 5 nitrogen and oxygen atoms in total. The Labute approximate surface area is 128 Å². The summed E-state index contributed by atoms with van der Waals surface area (Å²) < 4.78 is 5.15. The second-order valence-corrected chi connectivity index (χ2v) is 4.97. The number of benzene rings is 1. The minimum absolute atomic E-state index is 0.136. The highest BCUT2D eigenvalue weighted by Gasteiger charge is 2.11. The van der Waals surface area contributed by atoms with Gasteiger partial charge in [-0.3, -0.25) is 15.1 Å². The average Bonchev–Trinajstić information content (AvgIpc) is 2.99. The molecule has 1 N–H and O–H groups in total. The second kappa shape index (κ2) is 6.22. The highest BCUT2D eigenvalue weighted by atomic mass is 16.5. The molecule has 0 saturated carbocycles. The number of carbonyl (C=O) groups excluding carboxylic acids is 1. The van der Waals surface area contributed by atoms with Gasteiger partial charge in [-0.15, -0.1) is 0 Å². The van der Waals surface area contributed by atoms with Crippen LogP contribution in [0.3, 0.4) is 0 Å². The van der Waals surface area contributed by atoms with Crippen LogP contribution in [0.1, 0.15) is 11.1 Å². The van der Waals surface area contributed by atoms with Crippen molar-refractivity contribution in [1.82, 2.24) is 10.1 Å². The molecular weight excluding hydrogens is 278 g/mol. The first-order valence-electron chi connectivity index (χ1n) is 6.94. The van der Waals surface area contributed by atoms with Crippen molar-refractivity contribution in [1.29, 1.82) is 0 Å². The van der Waals surface area contributed by atoms with Gasteiger partial charge in [0.05, 0.1) is 6.42 Å². The number of nitrogens with one attached hydrogen (secondary N) is 1. The Morgan fingerprint density at radius 2 is 2.09 bits per heavy atom. The molecule has 0 bridgehead atoms. The number of hydrogen-bond donors (Lipinski definition) is 1. The number of nitrogens with zero attached hydrogens (tertiary/aromatic N) is 2. The van der Waals surface area contributed by atoms with E-state index in [9.17, 15) is 4.79 Å². The van der Waals surface area contributed by atoms with E-state index in [1.165, 1.54) is 0 Å². The maximum atomic E-state index is 12.1. The van der Waals surface area contributed by atoms with E-state index in [1.54, 1.807) is 18.5 Å². The van der Waals surface area contributed by atoms with Gasteiger partial charge in [-0.2, -0.15) is 0 Å². The Hall–Kier alpha value is -2.95. The van der Waals surface area contributed by atoms with Crippen LogP contribution in [0.15, 0.2) is 59.4 Å². The molecule has 3 aromatic rings. The summed E-state index contributed by atoms with van der Waals surface area (Å²) in [6.07, 6.45) is 3.68. The minimum Gasteiger partial charge on any atom is -0.338 e. The van der Waals surface area contributed by atoms with Crippen molar-refractivity contribution in [3.05, 3.63) is 66.0 Å². The topological polar surface area (TPSA) is 68.0 Å². The maximum absolute atomic E-state index is 12.1. The first-order chi connectivity index (χ1) is 10.7.